The van der Waals surface area contributed by atoms with Crippen LogP contribution in [-0.2, 0) is 4.79 Å². The van der Waals surface area contributed by atoms with Gasteiger partial charge in [0.05, 0.1) is 13.1 Å². The van der Waals surface area contributed by atoms with E-state index in [0.717, 1.165) is 5.56 Å². The molecule has 0 saturated carbocycles. The van der Waals surface area contributed by atoms with Crippen molar-refractivity contribution >= 4 is 5.91 Å². The summed E-state index contributed by atoms with van der Waals surface area (Å²) in [5, 5.41) is 2.31. The third-order valence-electron chi connectivity index (χ3n) is 3.36. The highest BCUT2D eigenvalue weighted by Gasteiger charge is 2.31. The molecule has 3 N–H and O–H groups in total. The fraction of sp³-hybridized carbons (Fsp3) is 0.533. The van der Waals surface area contributed by atoms with Crippen molar-refractivity contribution in [3.63, 3.8) is 0 Å². The highest BCUT2D eigenvalue weighted by molar-refractivity contribution is 5.83. The Morgan fingerprint density at radius 3 is 2.33 bits per heavy atom. The molecule has 1 aromatic rings. The van der Waals surface area contributed by atoms with Gasteiger partial charge in [0.1, 0.15) is 6.04 Å². The molecule has 0 aromatic heterocycles. The fourth-order valence-electron chi connectivity index (χ4n) is 2.14. The van der Waals surface area contributed by atoms with Crippen molar-refractivity contribution in [2.24, 2.45) is 5.73 Å². The number of halogens is 2. The summed E-state index contributed by atoms with van der Waals surface area (Å²) in [5.41, 5.74) is 5.77. The predicted octanol–water partition coefficient (Wildman–Crippen LogP) is 1.78. The van der Waals surface area contributed by atoms with E-state index in [0.29, 0.717) is 13.1 Å². The van der Waals surface area contributed by atoms with Crippen LogP contribution in [0.3, 0.4) is 0 Å². The van der Waals surface area contributed by atoms with Crippen LogP contribution in [0.4, 0.5) is 8.78 Å². The fourth-order valence-corrected chi connectivity index (χ4v) is 2.14. The maximum absolute atomic E-state index is 13.2. The molecule has 1 unspecified atom stereocenters. The molecule has 1 aromatic carbocycles. The van der Waals surface area contributed by atoms with E-state index in [1.54, 1.807) is 0 Å². The van der Waals surface area contributed by atoms with Gasteiger partial charge in [-0.3, -0.25) is 9.69 Å². The second kappa shape index (κ2) is 8.05. The Bertz CT molecular complexity index is 436. The van der Waals surface area contributed by atoms with Gasteiger partial charge in [-0.15, -0.1) is 0 Å². The summed E-state index contributed by atoms with van der Waals surface area (Å²) in [6, 6.07) is 8.58. The molecule has 1 atom stereocenters. The lowest BCUT2D eigenvalue weighted by Crippen LogP contribution is -2.46. The smallest absolute Gasteiger partial charge is 0.277 e. The van der Waals surface area contributed by atoms with Gasteiger partial charge in [-0.2, -0.15) is 0 Å². The number of carbonyl (C=O) groups excluding carboxylic acids is 1. The molecule has 0 radical (unpaired) electrons. The van der Waals surface area contributed by atoms with Gasteiger partial charge in [-0.25, -0.2) is 8.78 Å². The van der Waals surface area contributed by atoms with Crippen LogP contribution in [-0.4, -0.2) is 42.9 Å². The molecular weight excluding hydrogens is 276 g/mol. The minimum atomic E-state index is -3.08. The average molecular weight is 299 g/mol. The number of carbonyl (C=O) groups is 1. The van der Waals surface area contributed by atoms with E-state index in [-0.39, 0.29) is 0 Å². The summed E-state index contributed by atoms with van der Waals surface area (Å²) in [6.45, 7) is 3.64. The minimum absolute atomic E-state index is 0.432. The quantitative estimate of drug-likeness (QED) is 0.769. The molecule has 0 bridgehead atoms. The average Bonchev–Trinajstić information content (AvgIpc) is 2.51. The summed E-state index contributed by atoms with van der Waals surface area (Å²) < 4.78 is 26.4. The number of amides is 1. The first kappa shape index (κ1) is 17.5. The van der Waals surface area contributed by atoms with E-state index in [4.69, 9.17) is 5.73 Å². The van der Waals surface area contributed by atoms with Crippen molar-refractivity contribution in [3.8, 4) is 0 Å². The Hall–Kier alpha value is -1.53. The molecule has 6 heteroatoms. The van der Waals surface area contributed by atoms with Crippen molar-refractivity contribution in [3.05, 3.63) is 35.9 Å². The molecule has 4 nitrogen and oxygen atoms in total. The maximum Gasteiger partial charge on any atom is 0.277 e. The van der Waals surface area contributed by atoms with Gasteiger partial charge in [0.2, 0.25) is 5.91 Å². The number of rotatable bonds is 8. The van der Waals surface area contributed by atoms with Crippen LogP contribution in [0, 0.1) is 0 Å². The van der Waals surface area contributed by atoms with E-state index >= 15 is 0 Å². The molecular formula is C15H23F2N3O. The first-order valence-corrected chi connectivity index (χ1v) is 7.09. The van der Waals surface area contributed by atoms with E-state index in [1.807, 2.05) is 49.1 Å². The summed E-state index contributed by atoms with van der Waals surface area (Å²) in [4.78, 5) is 14.3. The number of hydrogen-bond donors (Lipinski definition) is 2. The van der Waals surface area contributed by atoms with Gasteiger partial charge in [-0.1, -0.05) is 44.2 Å². The Balaban J connectivity index is 2.89. The number of alkyl halides is 2. The summed E-state index contributed by atoms with van der Waals surface area (Å²) >= 11 is 0. The molecule has 0 aliphatic carbocycles. The monoisotopic (exact) mass is 299 g/mol. The van der Waals surface area contributed by atoms with Gasteiger partial charge < -0.3 is 11.1 Å². The van der Waals surface area contributed by atoms with E-state index in [2.05, 4.69) is 5.32 Å². The molecule has 0 aliphatic heterocycles. The SMILES string of the molecule is CCN(CC)C(C(=O)NCC(F)(F)CN)c1ccccc1. The van der Waals surface area contributed by atoms with Gasteiger partial charge in [0.15, 0.2) is 0 Å². The molecule has 0 aliphatic rings. The number of benzene rings is 1. The molecule has 118 valence electrons. The van der Waals surface area contributed by atoms with Crippen molar-refractivity contribution in [2.45, 2.75) is 25.8 Å². The molecule has 21 heavy (non-hydrogen) atoms. The number of nitrogens with two attached hydrogens (primary N) is 1. The van der Waals surface area contributed by atoms with Gasteiger partial charge >= 0.3 is 0 Å². The topological polar surface area (TPSA) is 58.4 Å². The number of nitrogens with one attached hydrogen (secondary N) is 1. The largest absolute Gasteiger partial charge is 0.348 e. The Kier molecular flexibility index (Phi) is 6.71. The molecule has 0 saturated heterocycles. The van der Waals surface area contributed by atoms with Gasteiger partial charge in [-0.05, 0) is 18.7 Å². The van der Waals surface area contributed by atoms with Crippen LogP contribution < -0.4 is 11.1 Å². The maximum atomic E-state index is 13.2. The molecule has 1 rings (SSSR count). The zero-order valence-electron chi connectivity index (χ0n) is 12.5. The van der Waals surface area contributed by atoms with Crippen LogP contribution in [0.15, 0.2) is 30.3 Å². The minimum Gasteiger partial charge on any atom is -0.348 e. The lowest BCUT2D eigenvalue weighted by atomic mass is 10.0. The highest BCUT2D eigenvalue weighted by Crippen LogP contribution is 2.21. The van der Waals surface area contributed by atoms with Crippen LogP contribution in [0.2, 0.25) is 0 Å². The third-order valence-corrected chi connectivity index (χ3v) is 3.36. The van der Waals surface area contributed by atoms with Crippen molar-refractivity contribution in [2.75, 3.05) is 26.2 Å². The summed E-state index contributed by atoms with van der Waals surface area (Å²) in [6.07, 6.45) is 0. The van der Waals surface area contributed by atoms with Crippen LogP contribution >= 0.6 is 0 Å². The van der Waals surface area contributed by atoms with E-state index < -0.39 is 31.0 Å². The first-order chi connectivity index (χ1) is 9.95. The van der Waals surface area contributed by atoms with Crippen LogP contribution in [0.5, 0.6) is 0 Å². The summed E-state index contributed by atoms with van der Waals surface area (Å²) in [5.74, 6) is -3.52. The normalized spacial score (nSPS) is 13.2. The van der Waals surface area contributed by atoms with Crippen LogP contribution in [0.25, 0.3) is 0 Å². The van der Waals surface area contributed by atoms with Gasteiger partial charge in [0, 0.05) is 0 Å². The van der Waals surface area contributed by atoms with Crippen molar-refractivity contribution in [1.29, 1.82) is 0 Å². The lowest BCUT2D eigenvalue weighted by Gasteiger charge is -2.29. The number of hydrogen-bond acceptors (Lipinski definition) is 3. The zero-order chi connectivity index (χ0) is 15.9. The van der Waals surface area contributed by atoms with E-state index in [9.17, 15) is 13.6 Å². The Labute approximate surface area is 124 Å². The van der Waals surface area contributed by atoms with Gasteiger partial charge in [0.25, 0.3) is 5.92 Å². The Morgan fingerprint density at radius 2 is 1.86 bits per heavy atom. The summed E-state index contributed by atoms with van der Waals surface area (Å²) in [7, 11) is 0. The highest BCUT2D eigenvalue weighted by atomic mass is 19.3. The standard InChI is InChI=1S/C15H23F2N3O/c1-3-20(4-2)13(12-8-6-5-7-9-12)14(21)19-11-15(16,17)10-18/h5-9,13H,3-4,10-11,18H2,1-2H3,(H,19,21). The van der Waals surface area contributed by atoms with Crippen LogP contribution in [0.1, 0.15) is 25.5 Å². The molecule has 1 amide bonds. The molecule has 0 heterocycles. The van der Waals surface area contributed by atoms with Crippen molar-refractivity contribution < 1.29 is 13.6 Å². The second-order valence-electron chi connectivity index (χ2n) is 4.81. The lowest BCUT2D eigenvalue weighted by molar-refractivity contribution is -0.128. The van der Waals surface area contributed by atoms with Crippen molar-refractivity contribution in [1.82, 2.24) is 10.2 Å². The zero-order valence-corrected chi connectivity index (χ0v) is 12.5. The Morgan fingerprint density at radius 1 is 1.29 bits per heavy atom. The van der Waals surface area contributed by atoms with E-state index in [1.165, 1.54) is 0 Å². The molecule has 0 spiro atoms. The third kappa shape index (κ3) is 5.06. The number of likely N-dealkylation sites (N-methyl/N-ethyl adjacent to an activating group) is 1. The second-order valence-corrected chi connectivity index (χ2v) is 4.81. The first-order valence-electron chi connectivity index (χ1n) is 7.09. The molecule has 0 fully saturated rings. The number of nitrogens with zero attached hydrogens (tertiary/aromatic N) is 1. The predicted molar refractivity (Wildman–Crippen MR) is 79.1 cm³/mol.